The van der Waals surface area contributed by atoms with Gasteiger partial charge in [0.2, 0.25) is 0 Å². The zero-order valence-corrected chi connectivity index (χ0v) is 14.0. The third kappa shape index (κ3) is 5.78. The standard InChI is InChI=1S/C20H25NO2/c1-3-4-5-6-15-23-19-13-9-17(10-14-19)20(22)21-18-11-7-16(2)8-12-18/h7-14H,3-6,15H2,1-2H3,(H,21,22). The fourth-order valence-corrected chi connectivity index (χ4v) is 2.26. The topological polar surface area (TPSA) is 38.3 Å². The van der Waals surface area contributed by atoms with E-state index >= 15 is 0 Å². The highest BCUT2D eigenvalue weighted by molar-refractivity contribution is 6.04. The van der Waals surface area contributed by atoms with E-state index in [4.69, 9.17) is 4.74 Å². The van der Waals surface area contributed by atoms with Gasteiger partial charge in [0.1, 0.15) is 5.75 Å². The minimum Gasteiger partial charge on any atom is -0.494 e. The Morgan fingerprint density at radius 3 is 2.30 bits per heavy atom. The van der Waals surface area contributed by atoms with Crippen LogP contribution in [-0.2, 0) is 0 Å². The molecule has 0 heterocycles. The lowest BCUT2D eigenvalue weighted by atomic mass is 10.2. The summed E-state index contributed by atoms with van der Waals surface area (Å²) >= 11 is 0. The summed E-state index contributed by atoms with van der Waals surface area (Å²) in [7, 11) is 0. The Morgan fingerprint density at radius 1 is 0.957 bits per heavy atom. The van der Waals surface area contributed by atoms with E-state index in [0.717, 1.165) is 24.5 Å². The molecule has 23 heavy (non-hydrogen) atoms. The molecule has 2 aromatic carbocycles. The van der Waals surface area contributed by atoms with Crippen molar-refractivity contribution in [2.75, 3.05) is 11.9 Å². The monoisotopic (exact) mass is 311 g/mol. The largest absolute Gasteiger partial charge is 0.494 e. The van der Waals surface area contributed by atoms with Gasteiger partial charge in [0.15, 0.2) is 0 Å². The van der Waals surface area contributed by atoms with Crippen LogP contribution in [0.2, 0.25) is 0 Å². The fourth-order valence-electron chi connectivity index (χ4n) is 2.26. The molecule has 0 fully saturated rings. The number of hydrogen-bond acceptors (Lipinski definition) is 2. The second-order valence-electron chi connectivity index (χ2n) is 5.75. The molecular weight excluding hydrogens is 286 g/mol. The number of nitrogens with one attached hydrogen (secondary N) is 1. The lowest BCUT2D eigenvalue weighted by Gasteiger charge is -2.08. The van der Waals surface area contributed by atoms with Gasteiger partial charge in [-0.25, -0.2) is 0 Å². The van der Waals surface area contributed by atoms with Crippen molar-refractivity contribution in [1.29, 1.82) is 0 Å². The van der Waals surface area contributed by atoms with Crippen LogP contribution in [0.3, 0.4) is 0 Å². The van der Waals surface area contributed by atoms with E-state index in [1.807, 2.05) is 43.3 Å². The van der Waals surface area contributed by atoms with E-state index in [-0.39, 0.29) is 5.91 Å². The summed E-state index contributed by atoms with van der Waals surface area (Å²) in [6.45, 7) is 4.95. The lowest BCUT2D eigenvalue weighted by Crippen LogP contribution is -2.11. The minimum absolute atomic E-state index is 0.108. The van der Waals surface area contributed by atoms with E-state index in [1.54, 1.807) is 12.1 Å². The Hall–Kier alpha value is -2.29. The molecule has 0 atom stereocenters. The SMILES string of the molecule is CCCCCCOc1ccc(C(=O)Nc2ccc(C)cc2)cc1. The predicted molar refractivity (Wildman–Crippen MR) is 95.2 cm³/mol. The number of anilines is 1. The zero-order chi connectivity index (χ0) is 16.5. The zero-order valence-electron chi connectivity index (χ0n) is 14.0. The van der Waals surface area contributed by atoms with E-state index in [9.17, 15) is 4.79 Å². The Bertz CT molecular complexity index is 603. The number of benzene rings is 2. The molecule has 0 unspecified atom stereocenters. The summed E-state index contributed by atoms with van der Waals surface area (Å²) in [6, 6.07) is 15.1. The predicted octanol–water partition coefficient (Wildman–Crippen LogP) is 5.21. The molecule has 1 amide bonds. The van der Waals surface area contributed by atoms with Crippen LogP contribution in [0.1, 0.15) is 48.5 Å². The van der Waals surface area contributed by atoms with Crippen molar-refractivity contribution in [2.24, 2.45) is 0 Å². The van der Waals surface area contributed by atoms with Gasteiger partial charge >= 0.3 is 0 Å². The number of unbranched alkanes of at least 4 members (excludes halogenated alkanes) is 3. The van der Waals surface area contributed by atoms with Gasteiger partial charge < -0.3 is 10.1 Å². The van der Waals surface area contributed by atoms with Crippen LogP contribution in [-0.4, -0.2) is 12.5 Å². The molecule has 3 nitrogen and oxygen atoms in total. The van der Waals surface area contributed by atoms with Crippen molar-refractivity contribution in [3.63, 3.8) is 0 Å². The third-order valence-electron chi connectivity index (χ3n) is 3.69. The average molecular weight is 311 g/mol. The maximum absolute atomic E-state index is 12.2. The van der Waals surface area contributed by atoms with Crippen molar-refractivity contribution in [3.05, 3.63) is 59.7 Å². The van der Waals surface area contributed by atoms with Crippen LogP contribution in [0.4, 0.5) is 5.69 Å². The molecule has 0 aliphatic rings. The third-order valence-corrected chi connectivity index (χ3v) is 3.69. The van der Waals surface area contributed by atoms with Gasteiger partial charge in [-0.05, 0) is 49.7 Å². The van der Waals surface area contributed by atoms with Gasteiger partial charge in [-0.15, -0.1) is 0 Å². The number of aryl methyl sites for hydroxylation is 1. The number of hydrogen-bond donors (Lipinski definition) is 1. The molecule has 122 valence electrons. The number of carbonyl (C=O) groups is 1. The van der Waals surface area contributed by atoms with Gasteiger partial charge in [0, 0.05) is 11.3 Å². The van der Waals surface area contributed by atoms with Gasteiger partial charge in [0.05, 0.1) is 6.61 Å². The van der Waals surface area contributed by atoms with E-state index in [2.05, 4.69) is 12.2 Å². The number of ether oxygens (including phenoxy) is 1. The maximum atomic E-state index is 12.2. The minimum atomic E-state index is -0.108. The molecule has 2 aromatic rings. The molecule has 0 radical (unpaired) electrons. The van der Waals surface area contributed by atoms with Crippen LogP contribution in [0.5, 0.6) is 5.75 Å². The van der Waals surface area contributed by atoms with Crippen molar-refractivity contribution < 1.29 is 9.53 Å². The smallest absolute Gasteiger partial charge is 0.255 e. The Labute approximate surface area is 138 Å². The first kappa shape index (κ1) is 17.1. The molecule has 1 N–H and O–H groups in total. The Balaban J connectivity index is 1.83. The summed E-state index contributed by atoms with van der Waals surface area (Å²) in [5.74, 6) is 0.705. The van der Waals surface area contributed by atoms with E-state index < -0.39 is 0 Å². The summed E-state index contributed by atoms with van der Waals surface area (Å²) in [6.07, 6.45) is 4.75. The molecule has 0 saturated heterocycles. The van der Waals surface area contributed by atoms with Gasteiger partial charge in [-0.1, -0.05) is 43.9 Å². The molecule has 0 aliphatic heterocycles. The molecule has 0 saturated carbocycles. The molecule has 0 aliphatic carbocycles. The molecular formula is C20H25NO2. The normalized spacial score (nSPS) is 10.3. The average Bonchev–Trinajstić information content (AvgIpc) is 2.57. The highest BCUT2D eigenvalue weighted by atomic mass is 16.5. The first-order chi connectivity index (χ1) is 11.2. The number of amides is 1. The first-order valence-electron chi connectivity index (χ1n) is 8.30. The highest BCUT2D eigenvalue weighted by Gasteiger charge is 2.06. The van der Waals surface area contributed by atoms with Crippen LogP contribution < -0.4 is 10.1 Å². The fraction of sp³-hybridized carbons (Fsp3) is 0.350. The molecule has 0 aromatic heterocycles. The van der Waals surface area contributed by atoms with Crippen LogP contribution in [0.15, 0.2) is 48.5 Å². The van der Waals surface area contributed by atoms with E-state index in [0.29, 0.717) is 5.56 Å². The van der Waals surface area contributed by atoms with Gasteiger partial charge in [-0.3, -0.25) is 4.79 Å². The second kappa shape index (κ2) is 8.99. The summed E-state index contributed by atoms with van der Waals surface area (Å²) in [5, 5.41) is 2.89. The Kier molecular flexibility index (Phi) is 6.67. The number of carbonyl (C=O) groups excluding carboxylic acids is 1. The van der Waals surface area contributed by atoms with Crippen molar-refractivity contribution in [3.8, 4) is 5.75 Å². The van der Waals surface area contributed by atoms with Crippen LogP contribution >= 0.6 is 0 Å². The lowest BCUT2D eigenvalue weighted by molar-refractivity contribution is 0.102. The first-order valence-corrected chi connectivity index (χ1v) is 8.30. The highest BCUT2D eigenvalue weighted by Crippen LogP contribution is 2.15. The second-order valence-corrected chi connectivity index (χ2v) is 5.75. The van der Waals surface area contributed by atoms with Crippen molar-refractivity contribution in [2.45, 2.75) is 39.5 Å². The van der Waals surface area contributed by atoms with Gasteiger partial charge in [0.25, 0.3) is 5.91 Å². The number of rotatable bonds is 8. The molecule has 2 rings (SSSR count). The maximum Gasteiger partial charge on any atom is 0.255 e. The van der Waals surface area contributed by atoms with Crippen molar-refractivity contribution >= 4 is 11.6 Å². The van der Waals surface area contributed by atoms with Crippen LogP contribution in [0.25, 0.3) is 0 Å². The van der Waals surface area contributed by atoms with Crippen LogP contribution in [0, 0.1) is 6.92 Å². The summed E-state index contributed by atoms with van der Waals surface area (Å²) < 4.78 is 5.69. The van der Waals surface area contributed by atoms with Crippen molar-refractivity contribution in [1.82, 2.24) is 0 Å². The molecule has 0 spiro atoms. The molecule has 0 bridgehead atoms. The summed E-state index contributed by atoms with van der Waals surface area (Å²) in [4.78, 5) is 12.2. The molecule has 3 heteroatoms. The van der Waals surface area contributed by atoms with E-state index in [1.165, 1.54) is 24.8 Å². The van der Waals surface area contributed by atoms with Gasteiger partial charge in [-0.2, -0.15) is 0 Å². The quantitative estimate of drug-likeness (QED) is 0.680. The summed E-state index contributed by atoms with van der Waals surface area (Å²) in [5.41, 5.74) is 2.60. The Morgan fingerprint density at radius 2 is 1.65 bits per heavy atom.